The normalized spacial score (nSPS) is 12.5. The van der Waals surface area contributed by atoms with Crippen LogP contribution in [-0.2, 0) is 9.53 Å². The zero-order valence-corrected chi connectivity index (χ0v) is 12.5. The Bertz CT molecular complexity index is 795. The fourth-order valence-corrected chi connectivity index (χ4v) is 2.30. The number of rotatable bonds is 3. The fraction of sp³-hybridized carbons (Fsp3) is 0.111. The van der Waals surface area contributed by atoms with Crippen molar-refractivity contribution in [2.45, 2.75) is 0 Å². The minimum Gasteiger partial charge on any atom is -0.488 e. The predicted octanol–water partition coefficient (Wildman–Crippen LogP) is 2.89. The Morgan fingerprint density at radius 1 is 1.13 bits per heavy atom. The molecule has 5 heteroatoms. The Kier molecular flexibility index (Phi) is 4.10. The van der Waals surface area contributed by atoms with Gasteiger partial charge in [0.25, 0.3) is 5.91 Å². The molecule has 1 amide bonds. The summed E-state index contributed by atoms with van der Waals surface area (Å²) in [5.74, 6) is 0.0495. The molecule has 0 unspecified atom stereocenters. The van der Waals surface area contributed by atoms with Gasteiger partial charge in [-0.2, -0.15) is 0 Å². The van der Waals surface area contributed by atoms with E-state index in [0.717, 1.165) is 11.3 Å². The molecule has 23 heavy (non-hydrogen) atoms. The number of nitrogens with one attached hydrogen (secondary N) is 1. The molecule has 2 aromatic rings. The van der Waals surface area contributed by atoms with Crippen molar-refractivity contribution in [2.24, 2.45) is 0 Å². The summed E-state index contributed by atoms with van der Waals surface area (Å²) in [6.07, 6.45) is 1.80. The van der Waals surface area contributed by atoms with Gasteiger partial charge in [-0.3, -0.25) is 4.79 Å². The summed E-state index contributed by atoms with van der Waals surface area (Å²) in [4.78, 5) is 23.9. The maximum absolute atomic E-state index is 12.4. The van der Waals surface area contributed by atoms with E-state index in [1.807, 2.05) is 24.3 Å². The lowest BCUT2D eigenvalue weighted by molar-refractivity contribution is -0.113. The average molecular weight is 309 g/mol. The number of methoxy groups -OCH3 is 1. The third kappa shape index (κ3) is 3.23. The summed E-state index contributed by atoms with van der Waals surface area (Å²) in [6, 6.07) is 14.1. The van der Waals surface area contributed by atoms with Crippen molar-refractivity contribution in [1.29, 1.82) is 0 Å². The van der Waals surface area contributed by atoms with Gasteiger partial charge in [-0.15, -0.1) is 0 Å². The molecule has 0 bridgehead atoms. The molecule has 0 atom stereocenters. The molecule has 3 rings (SSSR count). The number of amides is 1. The summed E-state index contributed by atoms with van der Waals surface area (Å²) in [7, 11) is 1.31. The lowest BCUT2D eigenvalue weighted by atomic mass is 10.1. The summed E-state index contributed by atoms with van der Waals surface area (Å²) >= 11 is 0. The van der Waals surface area contributed by atoms with E-state index in [2.05, 4.69) is 10.1 Å². The topological polar surface area (TPSA) is 64.6 Å². The third-order valence-corrected chi connectivity index (χ3v) is 3.47. The van der Waals surface area contributed by atoms with E-state index in [4.69, 9.17) is 4.74 Å². The number of hydrogen-bond donors (Lipinski definition) is 1. The highest BCUT2D eigenvalue weighted by Gasteiger charge is 2.17. The van der Waals surface area contributed by atoms with E-state index < -0.39 is 5.97 Å². The van der Waals surface area contributed by atoms with Crippen LogP contribution in [0.15, 0.2) is 54.1 Å². The molecule has 0 aliphatic carbocycles. The molecule has 1 aliphatic rings. The van der Waals surface area contributed by atoms with Gasteiger partial charge in [0.2, 0.25) is 0 Å². The van der Waals surface area contributed by atoms with E-state index in [0.29, 0.717) is 16.8 Å². The smallest absolute Gasteiger partial charge is 0.337 e. The van der Waals surface area contributed by atoms with Crippen LogP contribution in [0.1, 0.15) is 15.9 Å². The van der Waals surface area contributed by atoms with Crippen LogP contribution in [0.25, 0.3) is 6.08 Å². The van der Waals surface area contributed by atoms with Crippen molar-refractivity contribution in [3.8, 4) is 5.75 Å². The number of para-hydroxylation sites is 1. The van der Waals surface area contributed by atoms with E-state index in [1.54, 1.807) is 30.3 Å². The highest BCUT2D eigenvalue weighted by Crippen LogP contribution is 2.26. The summed E-state index contributed by atoms with van der Waals surface area (Å²) in [5.41, 5.74) is 2.29. The largest absolute Gasteiger partial charge is 0.488 e. The lowest BCUT2D eigenvalue weighted by Crippen LogP contribution is -2.21. The van der Waals surface area contributed by atoms with Crippen LogP contribution in [0.4, 0.5) is 5.69 Å². The molecular formula is C18H15NO4. The van der Waals surface area contributed by atoms with Gasteiger partial charge in [-0.05, 0) is 30.3 Å². The minimum absolute atomic E-state index is 0.208. The second-order valence-electron chi connectivity index (χ2n) is 5.02. The summed E-state index contributed by atoms with van der Waals surface area (Å²) in [6.45, 7) is 0.208. The molecule has 0 saturated carbocycles. The van der Waals surface area contributed by atoms with Crippen molar-refractivity contribution in [2.75, 3.05) is 19.0 Å². The number of fused-ring (bicyclic) bond motifs is 1. The summed E-state index contributed by atoms with van der Waals surface area (Å²) in [5, 5.41) is 2.77. The highest BCUT2D eigenvalue weighted by molar-refractivity contribution is 6.08. The Hall–Kier alpha value is -3.08. The standard InChI is InChI=1S/C18H15NO4/c1-22-18(21)13-6-4-7-15(10-13)19-17(20)14-9-12-5-2-3-8-16(12)23-11-14/h2-10H,11H2,1H3,(H,19,20). The van der Waals surface area contributed by atoms with Gasteiger partial charge < -0.3 is 14.8 Å². The molecule has 5 nitrogen and oxygen atoms in total. The fourth-order valence-electron chi connectivity index (χ4n) is 2.30. The lowest BCUT2D eigenvalue weighted by Gasteiger charge is -2.17. The molecule has 0 spiro atoms. The SMILES string of the molecule is COC(=O)c1cccc(NC(=O)C2=Cc3ccccc3OC2)c1. The van der Waals surface area contributed by atoms with Crippen LogP contribution in [0.5, 0.6) is 5.75 Å². The van der Waals surface area contributed by atoms with Crippen molar-refractivity contribution in [3.63, 3.8) is 0 Å². The molecule has 0 radical (unpaired) electrons. The van der Waals surface area contributed by atoms with Gasteiger partial charge in [-0.1, -0.05) is 24.3 Å². The third-order valence-electron chi connectivity index (χ3n) is 3.47. The zero-order valence-electron chi connectivity index (χ0n) is 12.5. The molecule has 0 aromatic heterocycles. The molecule has 1 heterocycles. The second kappa shape index (κ2) is 6.36. The van der Waals surface area contributed by atoms with E-state index in [9.17, 15) is 9.59 Å². The Morgan fingerprint density at radius 2 is 1.96 bits per heavy atom. The number of benzene rings is 2. The van der Waals surface area contributed by atoms with Gasteiger partial charge in [0, 0.05) is 11.3 Å². The maximum Gasteiger partial charge on any atom is 0.337 e. The molecule has 0 fully saturated rings. The van der Waals surface area contributed by atoms with Crippen LogP contribution in [0.2, 0.25) is 0 Å². The van der Waals surface area contributed by atoms with Crippen LogP contribution in [0.3, 0.4) is 0 Å². The van der Waals surface area contributed by atoms with Crippen LogP contribution in [-0.4, -0.2) is 25.6 Å². The Labute approximate surface area is 133 Å². The first-order chi connectivity index (χ1) is 11.2. The maximum atomic E-state index is 12.4. The zero-order chi connectivity index (χ0) is 16.2. The quantitative estimate of drug-likeness (QED) is 0.885. The number of esters is 1. The number of carbonyl (C=O) groups is 2. The van der Waals surface area contributed by atoms with Gasteiger partial charge in [0.15, 0.2) is 0 Å². The predicted molar refractivity (Wildman–Crippen MR) is 86.3 cm³/mol. The monoisotopic (exact) mass is 309 g/mol. The van der Waals surface area contributed by atoms with E-state index in [-0.39, 0.29) is 12.5 Å². The van der Waals surface area contributed by atoms with Gasteiger partial charge in [0.1, 0.15) is 12.4 Å². The van der Waals surface area contributed by atoms with Crippen molar-refractivity contribution >= 4 is 23.6 Å². The van der Waals surface area contributed by atoms with E-state index >= 15 is 0 Å². The average Bonchev–Trinajstić information content (AvgIpc) is 2.60. The van der Waals surface area contributed by atoms with Crippen molar-refractivity contribution in [3.05, 3.63) is 65.2 Å². The Morgan fingerprint density at radius 3 is 2.78 bits per heavy atom. The first-order valence-corrected chi connectivity index (χ1v) is 7.09. The van der Waals surface area contributed by atoms with Gasteiger partial charge in [0.05, 0.1) is 18.2 Å². The number of ether oxygens (including phenoxy) is 2. The molecule has 1 N–H and O–H groups in total. The second-order valence-corrected chi connectivity index (χ2v) is 5.02. The first kappa shape index (κ1) is 14.8. The van der Waals surface area contributed by atoms with Gasteiger partial charge >= 0.3 is 5.97 Å². The molecule has 0 saturated heterocycles. The number of hydrogen-bond acceptors (Lipinski definition) is 4. The highest BCUT2D eigenvalue weighted by atomic mass is 16.5. The van der Waals surface area contributed by atoms with Crippen LogP contribution < -0.4 is 10.1 Å². The van der Waals surface area contributed by atoms with Crippen molar-refractivity contribution < 1.29 is 19.1 Å². The Balaban J connectivity index is 1.78. The summed E-state index contributed by atoms with van der Waals surface area (Å²) < 4.78 is 10.2. The molecule has 2 aromatic carbocycles. The minimum atomic E-state index is -0.449. The van der Waals surface area contributed by atoms with Crippen molar-refractivity contribution in [1.82, 2.24) is 0 Å². The van der Waals surface area contributed by atoms with Crippen LogP contribution in [0, 0.1) is 0 Å². The first-order valence-electron chi connectivity index (χ1n) is 7.09. The number of anilines is 1. The van der Waals surface area contributed by atoms with E-state index in [1.165, 1.54) is 7.11 Å². The number of carbonyl (C=O) groups excluding carboxylic acids is 2. The van der Waals surface area contributed by atoms with Gasteiger partial charge in [-0.25, -0.2) is 4.79 Å². The molecular weight excluding hydrogens is 294 g/mol. The molecule has 1 aliphatic heterocycles. The molecule has 116 valence electrons. The van der Waals surface area contributed by atoms with Crippen LogP contribution >= 0.6 is 0 Å².